The summed E-state index contributed by atoms with van der Waals surface area (Å²) in [6, 6.07) is 7.90. The summed E-state index contributed by atoms with van der Waals surface area (Å²) in [5, 5.41) is 28.0. The normalized spacial score (nSPS) is 14.9. The van der Waals surface area contributed by atoms with E-state index in [9.17, 15) is 29.4 Å². The molecule has 8 nitrogen and oxygen atoms in total. The third-order valence-corrected chi connectivity index (χ3v) is 7.45. The molecule has 0 aromatic heterocycles. The molecule has 1 amide bonds. The molecule has 0 saturated heterocycles. The van der Waals surface area contributed by atoms with Crippen molar-refractivity contribution < 1.29 is 34.5 Å². The van der Waals surface area contributed by atoms with E-state index < -0.39 is 23.3 Å². The maximum Gasteiger partial charge on any atom is 0.303 e. The Morgan fingerprint density at radius 3 is 1.86 bits per heavy atom. The lowest BCUT2D eigenvalue weighted by Crippen LogP contribution is -2.31. The van der Waals surface area contributed by atoms with Crippen LogP contribution in [0.1, 0.15) is 66.3 Å². The van der Waals surface area contributed by atoms with E-state index in [1.807, 2.05) is 31.2 Å². The molecule has 1 heterocycles. The number of halogens is 1. The first kappa shape index (κ1) is 24.9. The summed E-state index contributed by atoms with van der Waals surface area (Å²) in [6.45, 7) is 2.50. The summed E-state index contributed by atoms with van der Waals surface area (Å²) < 4.78 is 0.757. The van der Waals surface area contributed by atoms with Crippen molar-refractivity contribution in [3.63, 3.8) is 0 Å². The molecule has 2 aliphatic rings. The molecular weight excluding hydrogens is 518 g/mol. The second-order valence-electron chi connectivity index (χ2n) is 9.35. The van der Waals surface area contributed by atoms with Gasteiger partial charge in [0.05, 0.1) is 6.42 Å². The van der Waals surface area contributed by atoms with Gasteiger partial charge in [-0.2, -0.15) is 0 Å². The maximum atomic E-state index is 12.9. The number of benzene rings is 2. The molecule has 0 radical (unpaired) electrons. The SMILES string of the molecule is Cc1cc2c3c(c1)C(CCC(=O)O)(CCC(=O)O)c1cc(Br)cc(c1-3)CN(C(=O)CCC(=O)O)C2. The Morgan fingerprint density at radius 2 is 1.31 bits per heavy atom. The standard InChI is InChI=1S/C26H26BrNO7/c1-14-8-15-12-28(20(29)2-3-21(30)31)13-16-10-17(27)11-19-25(16)24(15)18(9-14)26(19,6-4-22(32)33)7-5-23(34)35/h8-11H,2-7,12-13H2,1H3,(H,30,31)(H,32,33)(H,34,35). The van der Waals surface area contributed by atoms with Crippen molar-refractivity contribution in [2.45, 2.75) is 64.0 Å². The summed E-state index contributed by atoms with van der Waals surface area (Å²) >= 11 is 3.57. The van der Waals surface area contributed by atoms with Gasteiger partial charge in [0.2, 0.25) is 5.91 Å². The molecule has 0 saturated carbocycles. The molecule has 2 aromatic carbocycles. The van der Waals surface area contributed by atoms with E-state index in [2.05, 4.69) is 15.9 Å². The van der Waals surface area contributed by atoms with Gasteiger partial charge in [-0.05, 0) is 65.3 Å². The van der Waals surface area contributed by atoms with Crippen LogP contribution in [-0.4, -0.2) is 44.0 Å². The first-order valence-electron chi connectivity index (χ1n) is 11.4. The smallest absolute Gasteiger partial charge is 0.303 e. The molecule has 0 unspecified atom stereocenters. The van der Waals surface area contributed by atoms with Crippen LogP contribution in [-0.2, 0) is 37.7 Å². The summed E-state index contributed by atoms with van der Waals surface area (Å²) in [6.07, 6.45) is -0.0375. The molecule has 0 spiro atoms. The van der Waals surface area contributed by atoms with Crippen molar-refractivity contribution in [2.24, 2.45) is 0 Å². The van der Waals surface area contributed by atoms with Crippen molar-refractivity contribution in [3.05, 3.63) is 56.6 Å². The van der Waals surface area contributed by atoms with Crippen molar-refractivity contribution in [2.75, 3.05) is 0 Å². The van der Waals surface area contributed by atoms with Crippen LogP contribution < -0.4 is 0 Å². The Kier molecular flexibility index (Phi) is 6.73. The van der Waals surface area contributed by atoms with E-state index >= 15 is 0 Å². The van der Waals surface area contributed by atoms with Gasteiger partial charge in [0.25, 0.3) is 0 Å². The molecule has 1 aliphatic heterocycles. The van der Waals surface area contributed by atoms with Gasteiger partial charge in [-0.15, -0.1) is 0 Å². The predicted octanol–water partition coefficient (Wildman–Crippen LogP) is 4.46. The topological polar surface area (TPSA) is 132 Å². The first-order chi connectivity index (χ1) is 16.5. The predicted molar refractivity (Wildman–Crippen MR) is 130 cm³/mol. The monoisotopic (exact) mass is 543 g/mol. The Balaban J connectivity index is 1.93. The number of rotatable bonds is 9. The van der Waals surface area contributed by atoms with Crippen LogP contribution in [0, 0.1) is 6.92 Å². The third-order valence-electron chi connectivity index (χ3n) is 6.99. The van der Waals surface area contributed by atoms with E-state index in [-0.39, 0.29) is 51.0 Å². The summed E-state index contributed by atoms with van der Waals surface area (Å²) in [5.74, 6) is -3.17. The molecule has 4 rings (SSSR count). The maximum absolute atomic E-state index is 12.9. The van der Waals surface area contributed by atoms with Gasteiger partial charge in [-0.25, -0.2) is 0 Å². The molecule has 3 N–H and O–H groups in total. The lowest BCUT2D eigenvalue weighted by atomic mass is 9.70. The second-order valence-corrected chi connectivity index (χ2v) is 10.3. The van der Waals surface area contributed by atoms with Crippen LogP contribution in [0.3, 0.4) is 0 Å². The number of carbonyl (C=O) groups excluding carboxylic acids is 1. The van der Waals surface area contributed by atoms with Gasteiger partial charge in [-0.1, -0.05) is 33.6 Å². The minimum atomic E-state index is -1.03. The molecule has 184 valence electrons. The molecule has 0 fully saturated rings. The first-order valence-corrected chi connectivity index (χ1v) is 12.2. The lowest BCUT2D eigenvalue weighted by molar-refractivity contribution is -0.141. The quantitative estimate of drug-likeness (QED) is 0.425. The largest absolute Gasteiger partial charge is 0.481 e. The number of carbonyl (C=O) groups is 4. The summed E-state index contributed by atoms with van der Waals surface area (Å²) in [7, 11) is 0. The molecule has 2 aromatic rings. The van der Waals surface area contributed by atoms with Crippen molar-refractivity contribution >= 4 is 39.7 Å². The van der Waals surface area contributed by atoms with E-state index in [1.165, 1.54) is 0 Å². The van der Waals surface area contributed by atoms with Crippen LogP contribution in [0.2, 0.25) is 0 Å². The Bertz CT molecular complexity index is 1170. The zero-order valence-electron chi connectivity index (χ0n) is 19.3. The van der Waals surface area contributed by atoms with Gasteiger partial charge in [0.15, 0.2) is 0 Å². The fourth-order valence-corrected chi connectivity index (χ4v) is 6.09. The van der Waals surface area contributed by atoms with Gasteiger partial charge >= 0.3 is 17.9 Å². The fraction of sp³-hybridized carbons (Fsp3) is 0.385. The fourth-order valence-electron chi connectivity index (χ4n) is 5.58. The van der Waals surface area contributed by atoms with E-state index in [0.29, 0.717) is 6.54 Å². The average Bonchev–Trinajstić information content (AvgIpc) is 2.92. The molecule has 35 heavy (non-hydrogen) atoms. The van der Waals surface area contributed by atoms with Crippen LogP contribution in [0.5, 0.6) is 0 Å². The lowest BCUT2D eigenvalue weighted by Gasteiger charge is -2.33. The van der Waals surface area contributed by atoms with Gasteiger partial charge in [0, 0.05) is 42.2 Å². The van der Waals surface area contributed by atoms with Gasteiger partial charge < -0.3 is 20.2 Å². The van der Waals surface area contributed by atoms with Crippen molar-refractivity contribution in [3.8, 4) is 11.1 Å². The highest BCUT2D eigenvalue weighted by molar-refractivity contribution is 9.10. The van der Waals surface area contributed by atoms with Crippen molar-refractivity contribution in [1.29, 1.82) is 0 Å². The summed E-state index contributed by atoms with van der Waals surface area (Å²) in [5.41, 5.74) is 5.58. The second kappa shape index (κ2) is 9.45. The van der Waals surface area contributed by atoms with Crippen LogP contribution in [0.25, 0.3) is 11.1 Å². The Hall–Kier alpha value is -3.20. The van der Waals surface area contributed by atoms with Crippen LogP contribution in [0.15, 0.2) is 28.7 Å². The van der Waals surface area contributed by atoms with Gasteiger partial charge in [0.1, 0.15) is 0 Å². The number of carboxylic acids is 3. The highest BCUT2D eigenvalue weighted by atomic mass is 79.9. The van der Waals surface area contributed by atoms with E-state index in [0.717, 1.165) is 43.4 Å². The number of aliphatic carboxylic acids is 3. The number of carboxylic acid groups (broad SMARTS) is 3. The zero-order chi connectivity index (χ0) is 25.5. The van der Waals surface area contributed by atoms with Crippen LogP contribution >= 0.6 is 15.9 Å². The minimum absolute atomic E-state index is 0.0965. The number of aryl methyl sites for hydroxylation is 1. The Morgan fingerprint density at radius 1 is 0.800 bits per heavy atom. The molecular formula is C26H26BrNO7. The van der Waals surface area contributed by atoms with Crippen LogP contribution in [0.4, 0.5) is 0 Å². The number of hydrogen-bond acceptors (Lipinski definition) is 4. The Labute approximate surface area is 210 Å². The van der Waals surface area contributed by atoms with Gasteiger partial charge in [-0.3, -0.25) is 19.2 Å². The highest BCUT2D eigenvalue weighted by Gasteiger charge is 2.46. The molecule has 0 atom stereocenters. The number of hydrogen-bond donors (Lipinski definition) is 3. The summed E-state index contributed by atoms with van der Waals surface area (Å²) in [4.78, 5) is 48.9. The highest BCUT2D eigenvalue weighted by Crippen LogP contribution is 2.57. The molecule has 9 heteroatoms. The zero-order valence-corrected chi connectivity index (χ0v) is 20.9. The third kappa shape index (κ3) is 4.69. The van der Waals surface area contributed by atoms with E-state index in [4.69, 9.17) is 5.11 Å². The molecule has 1 aliphatic carbocycles. The minimum Gasteiger partial charge on any atom is -0.481 e. The van der Waals surface area contributed by atoms with E-state index in [1.54, 1.807) is 4.90 Å². The van der Waals surface area contributed by atoms with Crippen molar-refractivity contribution in [1.82, 2.24) is 4.90 Å². The average molecular weight is 544 g/mol. The molecule has 0 bridgehead atoms. The number of nitrogens with zero attached hydrogens (tertiary/aromatic N) is 1. The number of amides is 1.